The first-order chi connectivity index (χ1) is 13.5. The van der Waals surface area contributed by atoms with E-state index in [1.54, 1.807) is 0 Å². The highest BCUT2D eigenvalue weighted by atomic mass is 19.1. The third-order valence-electron chi connectivity index (χ3n) is 4.52. The highest BCUT2D eigenvalue weighted by molar-refractivity contribution is 6.09. The first-order valence-electron chi connectivity index (χ1n) is 9.27. The molecule has 0 heterocycles. The van der Waals surface area contributed by atoms with Crippen LogP contribution in [0.15, 0.2) is 54.6 Å². The molecule has 0 spiro atoms. The van der Waals surface area contributed by atoms with Crippen molar-refractivity contribution in [3.05, 3.63) is 77.1 Å². The molecule has 0 radical (unpaired) electrons. The lowest BCUT2D eigenvalue weighted by molar-refractivity contribution is 0.0996. The lowest BCUT2D eigenvalue weighted by Gasteiger charge is -2.07. The molecule has 3 rings (SSSR count). The molecule has 1 amide bonds. The predicted octanol–water partition coefficient (Wildman–Crippen LogP) is 3.09. The van der Waals surface area contributed by atoms with Gasteiger partial charge >= 0.3 is 0 Å². The van der Waals surface area contributed by atoms with E-state index in [0.29, 0.717) is 11.1 Å². The summed E-state index contributed by atoms with van der Waals surface area (Å²) in [5.74, 6) is -0.584. The molecule has 0 atom stereocenters. The minimum atomic E-state index is -0.597. The van der Waals surface area contributed by atoms with Gasteiger partial charge in [-0.25, -0.2) is 4.39 Å². The maximum atomic E-state index is 14.2. The molecule has 0 aromatic heterocycles. The lowest BCUT2D eigenvalue weighted by atomic mass is 10.0. The Morgan fingerprint density at radius 3 is 2.39 bits per heavy atom. The number of carbonyl (C=O) groups excluding carboxylic acids is 2. The van der Waals surface area contributed by atoms with Gasteiger partial charge < -0.3 is 15.8 Å². The summed E-state index contributed by atoms with van der Waals surface area (Å²) in [4.78, 5) is 23.6. The number of benzene rings is 2. The zero-order valence-electron chi connectivity index (χ0n) is 15.5. The van der Waals surface area contributed by atoms with Crippen molar-refractivity contribution >= 4 is 11.7 Å². The molecule has 0 unspecified atom stereocenters. The van der Waals surface area contributed by atoms with Crippen molar-refractivity contribution in [2.24, 2.45) is 11.7 Å². The van der Waals surface area contributed by atoms with Crippen LogP contribution in [-0.4, -0.2) is 31.4 Å². The van der Waals surface area contributed by atoms with Gasteiger partial charge in [-0.05, 0) is 55.6 Å². The average Bonchev–Trinajstić information content (AvgIpc) is 3.52. The number of halogens is 1. The van der Waals surface area contributed by atoms with Crippen LogP contribution < -0.4 is 15.8 Å². The number of rotatable bonds is 10. The molecule has 146 valence electrons. The van der Waals surface area contributed by atoms with E-state index >= 15 is 0 Å². The second-order valence-electron chi connectivity index (χ2n) is 6.80. The first kappa shape index (κ1) is 19.8. The molecule has 5 nitrogen and oxygen atoms in total. The van der Waals surface area contributed by atoms with Crippen LogP contribution in [-0.2, 0) is 0 Å². The number of hydrogen-bond acceptors (Lipinski definition) is 4. The van der Waals surface area contributed by atoms with Crippen molar-refractivity contribution in [2.75, 3.05) is 19.7 Å². The summed E-state index contributed by atoms with van der Waals surface area (Å²) in [5.41, 5.74) is 6.04. The quantitative estimate of drug-likeness (QED) is 0.376. The molecule has 2 aromatic rings. The summed E-state index contributed by atoms with van der Waals surface area (Å²) in [7, 11) is 0. The highest BCUT2D eigenvalue weighted by Crippen LogP contribution is 2.27. The monoisotopic (exact) mass is 382 g/mol. The fourth-order valence-corrected chi connectivity index (χ4v) is 2.69. The molecule has 6 heteroatoms. The van der Waals surface area contributed by atoms with E-state index < -0.39 is 11.7 Å². The average molecular weight is 382 g/mol. The summed E-state index contributed by atoms with van der Waals surface area (Å²) in [5, 5.41) is 3.32. The van der Waals surface area contributed by atoms with E-state index in [9.17, 15) is 14.0 Å². The SMILES string of the molecule is NC(=O)c1ccc(C(=O)c2ccc(OCC=CCNCC3CC3)c(F)c2)cc1. The molecule has 28 heavy (non-hydrogen) atoms. The molecule has 0 saturated heterocycles. The number of primary amides is 1. The summed E-state index contributed by atoms with van der Waals surface area (Å²) in [6, 6.07) is 10.0. The Bertz CT molecular complexity index is 874. The third-order valence-corrected chi connectivity index (χ3v) is 4.52. The van der Waals surface area contributed by atoms with Crippen LogP contribution in [0.2, 0.25) is 0 Å². The molecule has 1 saturated carbocycles. The summed E-state index contributed by atoms with van der Waals surface area (Å²) >= 11 is 0. The Hall–Kier alpha value is -2.99. The van der Waals surface area contributed by atoms with Gasteiger partial charge in [0.05, 0.1) is 0 Å². The number of nitrogens with two attached hydrogens (primary N) is 1. The fourth-order valence-electron chi connectivity index (χ4n) is 2.69. The zero-order chi connectivity index (χ0) is 19.9. The van der Waals surface area contributed by atoms with Crippen LogP contribution in [0.3, 0.4) is 0 Å². The number of hydrogen-bond donors (Lipinski definition) is 2. The maximum absolute atomic E-state index is 14.2. The van der Waals surface area contributed by atoms with Crippen molar-refractivity contribution in [2.45, 2.75) is 12.8 Å². The van der Waals surface area contributed by atoms with Gasteiger partial charge in [0.1, 0.15) is 6.61 Å². The van der Waals surface area contributed by atoms with E-state index in [1.807, 2.05) is 12.2 Å². The highest BCUT2D eigenvalue weighted by Gasteiger charge is 2.19. The van der Waals surface area contributed by atoms with Gasteiger partial charge in [0.25, 0.3) is 0 Å². The van der Waals surface area contributed by atoms with Crippen molar-refractivity contribution in [3.63, 3.8) is 0 Å². The van der Waals surface area contributed by atoms with E-state index in [-0.39, 0.29) is 23.7 Å². The van der Waals surface area contributed by atoms with Gasteiger partial charge in [0, 0.05) is 23.2 Å². The Labute approximate surface area is 163 Å². The predicted molar refractivity (Wildman–Crippen MR) is 105 cm³/mol. The third kappa shape index (κ3) is 5.50. The minimum absolute atomic E-state index is 0.0937. The fraction of sp³-hybridized carbons (Fsp3) is 0.273. The minimum Gasteiger partial charge on any atom is -0.486 e. The number of amides is 1. The zero-order valence-corrected chi connectivity index (χ0v) is 15.5. The van der Waals surface area contributed by atoms with E-state index in [0.717, 1.165) is 25.1 Å². The molecular weight excluding hydrogens is 359 g/mol. The largest absolute Gasteiger partial charge is 0.486 e. The van der Waals surface area contributed by atoms with Crippen LogP contribution in [0.25, 0.3) is 0 Å². The molecule has 2 aromatic carbocycles. The standard InChI is InChI=1S/C22H23FN2O3/c23-19-13-18(21(26)16-5-7-17(8-6-16)22(24)27)9-10-20(19)28-12-2-1-11-25-14-15-3-4-15/h1-2,5-10,13,15,25H,3-4,11-12,14H2,(H2,24,27). The second kappa shape index (κ2) is 9.28. The molecule has 1 fully saturated rings. The van der Waals surface area contributed by atoms with Crippen LogP contribution in [0, 0.1) is 11.7 Å². The number of carbonyl (C=O) groups is 2. The van der Waals surface area contributed by atoms with Crippen molar-refractivity contribution in [1.82, 2.24) is 5.32 Å². The van der Waals surface area contributed by atoms with Crippen LogP contribution in [0.4, 0.5) is 4.39 Å². The van der Waals surface area contributed by atoms with E-state index in [4.69, 9.17) is 10.5 Å². The van der Waals surface area contributed by atoms with Gasteiger partial charge in [-0.3, -0.25) is 9.59 Å². The Kier molecular flexibility index (Phi) is 6.55. The van der Waals surface area contributed by atoms with Gasteiger partial charge in [-0.2, -0.15) is 0 Å². The van der Waals surface area contributed by atoms with Crippen LogP contribution >= 0.6 is 0 Å². The topological polar surface area (TPSA) is 81.4 Å². The summed E-state index contributed by atoms with van der Waals surface area (Å²) in [6.07, 6.45) is 6.42. The molecule has 0 aliphatic heterocycles. The van der Waals surface area contributed by atoms with Gasteiger partial charge in [0.2, 0.25) is 5.91 Å². The first-order valence-corrected chi connectivity index (χ1v) is 9.27. The summed E-state index contributed by atoms with van der Waals surface area (Å²) < 4.78 is 19.7. The molecule has 1 aliphatic carbocycles. The van der Waals surface area contributed by atoms with Gasteiger partial charge in [-0.1, -0.05) is 24.3 Å². The number of nitrogens with one attached hydrogen (secondary N) is 1. The number of ketones is 1. The molecular formula is C22H23FN2O3. The molecule has 3 N–H and O–H groups in total. The van der Waals surface area contributed by atoms with Gasteiger partial charge in [-0.15, -0.1) is 0 Å². The second-order valence-corrected chi connectivity index (χ2v) is 6.80. The Morgan fingerprint density at radius 1 is 1.07 bits per heavy atom. The maximum Gasteiger partial charge on any atom is 0.248 e. The van der Waals surface area contributed by atoms with E-state index in [2.05, 4.69) is 5.32 Å². The van der Waals surface area contributed by atoms with Crippen molar-refractivity contribution in [3.8, 4) is 5.75 Å². The van der Waals surface area contributed by atoms with Crippen molar-refractivity contribution in [1.29, 1.82) is 0 Å². The Balaban J connectivity index is 1.53. The van der Waals surface area contributed by atoms with E-state index in [1.165, 1.54) is 49.2 Å². The van der Waals surface area contributed by atoms with Crippen LogP contribution in [0.1, 0.15) is 39.1 Å². The Morgan fingerprint density at radius 2 is 1.75 bits per heavy atom. The molecule has 0 bridgehead atoms. The van der Waals surface area contributed by atoms with Crippen molar-refractivity contribution < 1.29 is 18.7 Å². The normalized spacial score (nSPS) is 13.6. The lowest BCUT2D eigenvalue weighted by Crippen LogP contribution is -2.16. The van der Waals surface area contributed by atoms with Gasteiger partial charge in [0.15, 0.2) is 17.3 Å². The molecule has 1 aliphatic rings. The number of ether oxygens (including phenoxy) is 1. The summed E-state index contributed by atoms with van der Waals surface area (Å²) in [6.45, 7) is 2.06. The smallest absolute Gasteiger partial charge is 0.248 e. The van der Waals surface area contributed by atoms with Crippen LogP contribution in [0.5, 0.6) is 5.75 Å².